The van der Waals surface area contributed by atoms with Crippen molar-refractivity contribution < 1.29 is 56.0 Å². The molecule has 0 bridgehead atoms. The fourth-order valence-corrected chi connectivity index (χ4v) is 5.17. The van der Waals surface area contributed by atoms with Crippen molar-refractivity contribution in [3.63, 3.8) is 0 Å². The predicted molar refractivity (Wildman–Crippen MR) is 157 cm³/mol. The summed E-state index contributed by atoms with van der Waals surface area (Å²) in [5, 5.41) is 23.2. The van der Waals surface area contributed by atoms with Crippen LogP contribution < -0.4 is 15.4 Å². The van der Waals surface area contributed by atoms with Crippen LogP contribution in [-0.2, 0) is 32.0 Å². The van der Waals surface area contributed by atoms with Gasteiger partial charge in [-0.3, -0.25) is 9.59 Å². The fourth-order valence-electron chi connectivity index (χ4n) is 5.17. The molecule has 0 spiro atoms. The standard InChI is InChI=1S/C29H37F2N3O5.C2HF3O2/c30-22-8-6-20(24(31)18-22)11-16-38-17-12-27(37)34(23-4-2-1-3-5-23)15-14-32-13-10-21-7-9-25(35)28-29(21)39-19-26(36)33-28;3-2(4,5)1(6)7/h6-9,18,23,32,35H,1-5,10-17,19H2,(H,33,36);(H,6,7). The third-order valence-corrected chi connectivity index (χ3v) is 7.50. The molecule has 10 nitrogen and oxygen atoms in total. The lowest BCUT2D eigenvalue weighted by Gasteiger charge is -2.34. The zero-order valence-corrected chi connectivity index (χ0v) is 25.1. The highest BCUT2D eigenvalue weighted by Crippen LogP contribution is 2.39. The van der Waals surface area contributed by atoms with E-state index >= 15 is 0 Å². The van der Waals surface area contributed by atoms with Gasteiger partial charge in [0.2, 0.25) is 5.91 Å². The van der Waals surface area contributed by atoms with Crippen molar-refractivity contribution in [3.8, 4) is 11.5 Å². The molecule has 2 amide bonds. The minimum atomic E-state index is -5.08. The van der Waals surface area contributed by atoms with Crippen molar-refractivity contribution in [3.05, 3.63) is 53.1 Å². The van der Waals surface area contributed by atoms with Gasteiger partial charge in [0.05, 0.1) is 19.6 Å². The number of aromatic hydroxyl groups is 1. The van der Waals surface area contributed by atoms with Crippen LogP contribution in [-0.4, -0.2) is 84.6 Å². The summed E-state index contributed by atoms with van der Waals surface area (Å²) in [6.45, 7) is 2.29. The topological polar surface area (TPSA) is 137 Å². The molecule has 0 saturated heterocycles. The molecular formula is C31H38F5N3O7. The average Bonchev–Trinajstić information content (AvgIpc) is 3.01. The lowest BCUT2D eigenvalue weighted by atomic mass is 9.94. The molecule has 2 aromatic carbocycles. The molecule has 0 radical (unpaired) electrons. The molecule has 0 aromatic heterocycles. The third kappa shape index (κ3) is 11.4. The Balaban J connectivity index is 0.000000738. The second-order valence-electron chi connectivity index (χ2n) is 10.8. The number of halogens is 5. The van der Waals surface area contributed by atoms with Crippen LogP contribution in [0.1, 0.15) is 49.7 Å². The molecule has 1 fully saturated rings. The van der Waals surface area contributed by atoms with E-state index in [2.05, 4.69) is 10.6 Å². The van der Waals surface area contributed by atoms with E-state index in [1.54, 1.807) is 12.1 Å². The van der Waals surface area contributed by atoms with Gasteiger partial charge in [0.25, 0.3) is 5.91 Å². The maximum absolute atomic E-state index is 13.8. The molecule has 4 N–H and O–H groups in total. The molecule has 2 aromatic rings. The van der Waals surface area contributed by atoms with E-state index < -0.39 is 23.8 Å². The number of carboxylic acid groups (broad SMARTS) is 1. The molecule has 15 heteroatoms. The number of carbonyl (C=O) groups excluding carboxylic acids is 2. The number of ether oxygens (including phenoxy) is 2. The number of benzene rings is 2. The molecule has 1 saturated carbocycles. The normalized spacial score (nSPS) is 14.8. The number of fused-ring (bicyclic) bond motifs is 1. The second kappa shape index (κ2) is 17.6. The fraction of sp³-hybridized carbons (Fsp3) is 0.516. The average molecular weight is 660 g/mol. The van der Waals surface area contributed by atoms with Crippen LogP contribution in [0.3, 0.4) is 0 Å². The molecule has 4 rings (SSSR count). The van der Waals surface area contributed by atoms with Crippen molar-refractivity contribution in [2.45, 2.75) is 63.6 Å². The quantitative estimate of drug-likeness (QED) is 0.139. The number of nitrogens with zero attached hydrogens (tertiary/aromatic N) is 1. The van der Waals surface area contributed by atoms with Gasteiger partial charge in [-0.25, -0.2) is 13.6 Å². The Morgan fingerprint density at radius 3 is 2.39 bits per heavy atom. The van der Waals surface area contributed by atoms with Gasteiger partial charge in [0, 0.05) is 25.2 Å². The molecule has 2 aliphatic rings. The number of carboxylic acids is 1. The van der Waals surface area contributed by atoms with Gasteiger partial charge in [-0.2, -0.15) is 13.2 Å². The zero-order valence-electron chi connectivity index (χ0n) is 25.1. The van der Waals surface area contributed by atoms with Crippen LogP contribution in [0, 0.1) is 11.6 Å². The summed E-state index contributed by atoms with van der Waals surface area (Å²) in [7, 11) is 0. The largest absolute Gasteiger partial charge is 0.506 e. The summed E-state index contributed by atoms with van der Waals surface area (Å²) in [4.78, 5) is 35.6. The summed E-state index contributed by atoms with van der Waals surface area (Å²) in [6.07, 6.45) is 1.55. The molecule has 0 unspecified atom stereocenters. The number of nitrogens with one attached hydrogen (secondary N) is 2. The summed E-state index contributed by atoms with van der Waals surface area (Å²) in [6, 6.07) is 7.06. The Morgan fingerprint density at radius 1 is 1.02 bits per heavy atom. The Kier molecular flexibility index (Phi) is 14.0. The molecule has 1 aliphatic carbocycles. The van der Waals surface area contributed by atoms with E-state index in [0.717, 1.165) is 37.3 Å². The minimum Gasteiger partial charge on any atom is -0.506 e. The smallest absolute Gasteiger partial charge is 0.490 e. The van der Waals surface area contributed by atoms with Crippen molar-refractivity contribution in [1.82, 2.24) is 10.2 Å². The first-order chi connectivity index (χ1) is 21.9. The Hall–Kier alpha value is -3.98. The summed E-state index contributed by atoms with van der Waals surface area (Å²) in [5.41, 5.74) is 1.58. The molecular weight excluding hydrogens is 621 g/mol. The number of hydrogen-bond donors (Lipinski definition) is 4. The second-order valence-corrected chi connectivity index (χ2v) is 10.8. The number of alkyl halides is 3. The maximum Gasteiger partial charge on any atom is 0.490 e. The molecule has 1 aliphatic heterocycles. The van der Waals surface area contributed by atoms with E-state index in [0.29, 0.717) is 49.5 Å². The first-order valence-electron chi connectivity index (χ1n) is 15.0. The Labute approximate surface area is 262 Å². The molecule has 1 heterocycles. The van der Waals surface area contributed by atoms with Crippen molar-refractivity contribution in [1.29, 1.82) is 0 Å². The molecule has 0 atom stereocenters. The first kappa shape index (κ1) is 36.5. The van der Waals surface area contributed by atoms with Gasteiger partial charge in [-0.15, -0.1) is 0 Å². The predicted octanol–water partition coefficient (Wildman–Crippen LogP) is 4.58. The van der Waals surface area contributed by atoms with Crippen LogP contribution in [0.5, 0.6) is 11.5 Å². The zero-order chi connectivity index (χ0) is 33.7. The van der Waals surface area contributed by atoms with Crippen LogP contribution in [0.15, 0.2) is 30.3 Å². The van der Waals surface area contributed by atoms with Crippen molar-refractivity contribution in [2.75, 3.05) is 44.8 Å². The maximum atomic E-state index is 13.8. The summed E-state index contributed by atoms with van der Waals surface area (Å²) in [5.74, 6) is -3.73. The van der Waals surface area contributed by atoms with E-state index in [-0.39, 0.29) is 49.8 Å². The van der Waals surface area contributed by atoms with Gasteiger partial charge in [-0.05, 0) is 55.5 Å². The van der Waals surface area contributed by atoms with E-state index in [4.69, 9.17) is 19.4 Å². The highest BCUT2D eigenvalue weighted by Gasteiger charge is 2.38. The summed E-state index contributed by atoms with van der Waals surface area (Å²) >= 11 is 0. The van der Waals surface area contributed by atoms with Crippen molar-refractivity contribution in [2.24, 2.45) is 0 Å². The van der Waals surface area contributed by atoms with Crippen LogP contribution in [0.2, 0.25) is 0 Å². The monoisotopic (exact) mass is 659 g/mol. The molecule has 46 heavy (non-hydrogen) atoms. The highest BCUT2D eigenvalue weighted by molar-refractivity contribution is 5.97. The van der Waals surface area contributed by atoms with Gasteiger partial charge in [-0.1, -0.05) is 31.4 Å². The first-order valence-corrected chi connectivity index (χ1v) is 15.0. The Morgan fingerprint density at radius 2 is 1.72 bits per heavy atom. The van der Waals surface area contributed by atoms with Crippen molar-refractivity contribution >= 4 is 23.5 Å². The lowest BCUT2D eigenvalue weighted by molar-refractivity contribution is -0.192. The Bertz CT molecular complexity index is 1340. The van der Waals surface area contributed by atoms with Crippen LogP contribution in [0.4, 0.5) is 27.6 Å². The number of phenolic OH excluding ortho intramolecular Hbond substituents is 1. The van der Waals surface area contributed by atoms with E-state index in [1.165, 1.54) is 18.6 Å². The number of amides is 2. The van der Waals surface area contributed by atoms with E-state index in [9.17, 15) is 36.6 Å². The lowest BCUT2D eigenvalue weighted by Crippen LogP contribution is -2.45. The van der Waals surface area contributed by atoms with Gasteiger partial charge in [0.1, 0.15) is 23.1 Å². The number of anilines is 1. The number of carbonyl (C=O) groups is 3. The number of rotatable bonds is 13. The third-order valence-electron chi connectivity index (χ3n) is 7.50. The van der Waals surface area contributed by atoms with Gasteiger partial charge < -0.3 is 35.2 Å². The number of phenols is 1. The number of aliphatic carboxylic acids is 1. The van der Waals surface area contributed by atoms with Gasteiger partial charge in [0.15, 0.2) is 12.4 Å². The van der Waals surface area contributed by atoms with E-state index in [1.807, 2.05) is 4.90 Å². The SMILES string of the molecule is O=C(O)C(F)(F)F.O=C1COc2c(CCNCCN(C(=O)CCOCCc3ccc(F)cc3F)C3CCCCC3)ccc(O)c2N1. The van der Waals surface area contributed by atoms with Crippen LogP contribution >= 0.6 is 0 Å². The highest BCUT2D eigenvalue weighted by atomic mass is 19.4. The molecule has 254 valence electrons. The summed E-state index contributed by atoms with van der Waals surface area (Å²) < 4.78 is 69.7. The minimum absolute atomic E-state index is 0.0250. The number of hydrogen-bond acceptors (Lipinski definition) is 7. The van der Waals surface area contributed by atoms with Crippen LogP contribution in [0.25, 0.3) is 0 Å². The van der Waals surface area contributed by atoms with Gasteiger partial charge >= 0.3 is 12.1 Å².